The van der Waals surface area contributed by atoms with Gasteiger partial charge in [0, 0.05) is 5.56 Å². The van der Waals surface area contributed by atoms with E-state index in [1.165, 1.54) is 31.4 Å². The molecule has 4 amide bonds. The quantitative estimate of drug-likeness (QED) is 0.590. The maximum absolute atomic E-state index is 13.9. The van der Waals surface area contributed by atoms with Gasteiger partial charge in [-0.3, -0.25) is 20.2 Å². The molecule has 0 bridgehead atoms. The van der Waals surface area contributed by atoms with E-state index in [0.29, 0.717) is 11.3 Å². The summed E-state index contributed by atoms with van der Waals surface area (Å²) in [5.41, 5.74) is 0.373. The standard InChI is InChI=1S/C19H14ClFN2O5/c1-27-15-6-5-10(7-11-17(24)22-19(26)23-18(11)25)8-16(15)28-9-12-13(20)3-2-4-14(12)21/h2-8H,9H2,1H3,(H2,22,23,24,25,26). The third-order valence-electron chi connectivity index (χ3n) is 3.88. The molecule has 144 valence electrons. The highest BCUT2D eigenvalue weighted by Crippen LogP contribution is 2.31. The zero-order valence-corrected chi connectivity index (χ0v) is 15.3. The van der Waals surface area contributed by atoms with Crippen molar-refractivity contribution in [3.63, 3.8) is 0 Å². The second-order valence-electron chi connectivity index (χ2n) is 5.69. The van der Waals surface area contributed by atoms with Crippen molar-refractivity contribution in [1.29, 1.82) is 0 Å². The van der Waals surface area contributed by atoms with Crippen LogP contribution < -0.4 is 20.1 Å². The Kier molecular flexibility index (Phi) is 5.60. The van der Waals surface area contributed by atoms with E-state index in [1.54, 1.807) is 18.2 Å². The fourth-order valence-corrected chi connectivity index (χ4v) is 2.71. The number of amides is 4. The number of benzene rings is 2. The zero-order valence-electron chi connectivity index (χ0n) is 14.5. The van der Waals surface area contributed by atoms with Gasteiger partial charge in [-0.1, -0.05) is 23.7 Å². The summed E-state index contributed by atoms with van der Waals surface area (Å²) < 4.78 is 24.8. The summed E-state index contributed by atoms with van der Waals surface area (Å²) in [5.74, 6) is -1.52. The third-order valence-corrected chi connectivity index (χ3v) is 4.23. The number of methoxy groups -OCH3 is 1. The highest BCUT2D eigenvalue weighted by molar-refractivity contribution is 6.31. The van der Waals surface area contributed by atoms with Crippen LogP contribution >= 0.6 is 11.6 Å². The summed E-state index contributed by atoms with van der Waals surface area (Å²) in [6.45, 7) is -0.155. The minimum Gasteiger partial charge on any atom is -0.493 e. The van der Waals surface area contributed by atoms with Crippen molar-refractivity contribution in [3.05, 3.63) is 63.9 Å². The summed E-state index contributed by atoms with van der Waals surface area (Å²) in [4.78, 5) is 34.8. The summed E-state index contributed by atoms with van der Waals surface area (Å²) in [6.07, 6.45) is 1.29. The maximum atomic E-state index is 13.9. The van der Waals surface area contributed by atoms with Crippen LogP contribution in [0, 0.1) is 5.82 Å². The molecule has 3 rings (SSSR count). The summed E-state index contributed by atoms with van der Waals surface area (Å²) >= 11 is 6.00. The Hall–Kier alpha value is -3.39. The second kappa shape index (κ2) is 8.10. The molecule has 28 heavy (non-hydrogen) atoms. The van der Waals surface area contributed by atoms with Crippen LogP contribution in [0.1, 0.15) is 11.1 Å². The summed E-state index contributed by atoms with van der Waals surface area (Å²) in [6, 6.07) is 8.08. The molecular weight excluding hydrogens is 391 g/mol. The van der Waals surface area contributed by atoms with E-state index in [4.69, 9.17) is 21.1 Å². The molecule has 0 unspecified atom stereocenters. The number of rotatable bonds is 5. The van der Waals surface area contributed by atoms with Gasteiger partial charge in [0.1, 0.15) is 18.0 Å². The van der Waals surface area contributed by atoms with Gasteiger partial charge in [-0.05, 0) is 35.9 Å². The van der Waals surface area contributed by atoms with E-state index in [9.17, 15) is 18.8 Å². The minimum absolute atomic E-state index is 0.155. The highest BCUT2D eigenvalue weighted by atomic mass is 35.5. The van der Waals surface area contributed by atoms with Crippen LogP contribution in [0.4, 0.5) is 9.18 Å². The molecule has 7 nitrogen and oxygen atoms in total. The number of hydrogen-bond acceptors (Lipinski definition) is 5. The van der Waals surface area contributed by atoms with E-state index in [2.05, 4.69) is 0 Å². The lowest BCUT2D eigenvalue weighted by atomic mass is 10.1. The lowest BCUT2D eigenvalue weighted by Gasteiger charge is -2.15. The predicted molar refractivity (Wildman–Crippen MR) is 98.4 cm³/mol. The summed E-state index contributed by atoms with van der Waals surface area (Å²) in [5, 5.41) is 4.19. The average Bonchev–Trinajstić information content (AvgIpc) is 2.64. The summed E-state index contributed by atoms with van der Waals surface area (Å²) in [7, 11) is 1.43. The molecule has 0 saturated carbocycles. The lowest BCUT2D eigenvalue weighted by Crippen LogP contribution is -2.51. The van der Waals surface area contributed by atoms with Gasteiger partial charge in [-0.2, -0.15) is 0 Å². The molecule has 1 saturated heterocycles. The van der Waals surface area contributed by atoms with E-state index in [1.807, 2.05) is 10.6 Å². The monoisotopic (exact) mass is 404 g/mol. The van der Waals surface area contributed by atoms with Crippen molar-refractivity contribution in [1.82, 2.24) is 10.6 Å². The van der Waals surface area contributed by atoms with Gasteiger partial charge in [0.2, 0.25) is 0 Å². The molecule has 0 aromatic heterocycles. The third kappa shape index (κ3) is 4.12. The second-order valence-corrected chi connectivity index (χ2v) is 6.10. The first-order valence-electron chi connectivity index (χ1n) is 8.01. The topological polar surface area (TPSA) is 93.7 Å². The Labute approximate surface area is 164 Å². The first-order chi connectivity index (χ1) is 13.4. The van der Waals surface area contributed by atoms with Gasteiger partial charge in [0.25, 0.3) is 11.8 Å². The van der Waals surface area contributed by atoms with Gasteiger partial charge in [-0.15, -0.1) is 0 Å². The number of barbiturate groups is 1. The highest BCUT2D eigenvalue weighted by Gasteiger charge is 2.27. The molecule has 9 heteroatoms. The molecule has 0 radical (unpaired) electrons. The normalized spacial score (nSPS) is 13.7. The Morgan fingerprint density at radius 2 is 1.79 bits per heavy atom. The molecule has 2 aromatic carbocycles. The number of carbonyl (C=O) groups is 3. The van der Waals surface area contributed by atoms with Crippen molar-refractivity contribution >= 4 is 35.5 Å². The van der Waals surface area contributed by atoms with E-state index in [0.717, 1.165) is 0 Å². The molecule has 0 aliphatic carbocycles. The molecule has 0 atom stereocenters. The first-order valence-corrected chi connectivity index (χ1v) is 8.39. The van der Waals surface area contributed by atoms with Crippen LogP contribution in [-0.4, -0.2) is 25.0 Å². The van der Waals surface area contributed by atoms with Crippen LogP contribution in [0.2, 0.25) is 5.02 Å². The SMILES string of the molecule is COc1ccc(C=C2C(=O)NC(=O)NC2=O)cc1OCc1c(F)cccc1Cl. The zero-order chi connectivity index (χ0) is 20.3. The van der Waals surface area contributed by atoms with Gasteiger partial charge in [-0.25, -0.2) is 9.18 Å². The number of nitrogens with one attached hydrogen (secondary N) is 2. The van der Waals surface area contributed by atoms with Crippen LogP contribution in [0.15, 0.2) is 42.0 Å². The largest absolute Gasteiger partial charge is 0.493 e. The van der Waals surface area contributed by atoms with Crippen LogP contribution in [0.25, 0.3) is 6.08 Å². The average molecular weight is 405 g/mol. The number of halogens is 2. The van der Waals surface area contributed by atoms with Crippen molar-refractivity contribution < 1.29 is 28.2 Å². The van der Waals surface area contributed by atoms with Crippen LogP contribution in [-0.2, 0) is 16.2 Å². The molecular formula is C19H14ClFN2O5. The van der Waals surface area contributed by atoms with E-state index >= 15 is 0 Å². The molecule has 0 spiro atoms. The first kappa shape index (κ1) is 19.4. The molecule has 2 aromatic rings. The van der Waals surface area contributed by atoms with E-state index in [-0.39, 0.29) is 28.5 Å². The molecule has 2 N–H and O–H groups in total. The maximum Gasteiger partial charge on any atom is 0.328 e. The Morgan fingerprint density at radius 1 is 1.07 bits per heavy atom. The van der Waals surface area contributed by atoms with Gasteiger partial charge in [0.05, 0.1) is 12.1 Å². The van der Waals surface area contributed by atoms with Crippen molar-refractivity contribution in [2.24, 2.45) is 0 Å². The van der Waals surface area contributed by atoms with Crippen molar-refractivity contribution in [2.75, 3.05) is 7.11 Å². The molecule has 1 aliphatic rings. The lowest BCUT2D eigenvalue weighted by molar-refractivity contribution is -0.123. The number of imide groups is 2. The Bertz CT molecular complexity index is 964. The number of urea groups is 1. The molecule has 1 heterocycles. The van der Waals surface area contributed by atoms with Gasteiger partial charge < -0.3 is 9.47 Å². The van der Waals surface area contributed by atoms with Crippen LogP contribution in [0.3, 0.4) is 0 Å². The number of carbonyl (C=O) groups excluding carboxylic acids is 3. The predicted octanol–water partition coefficient (Wildman–Crippen LogP) is 2.82. The number of hydrogen-bond donors (Lipinski definition) is 2. The van der Waals surface area contributed by atoms with Crippen molar-refractivity contribution in [3.8, 4) is 11.5 Å². The van der Waals surface area contributed by atoms with E-state index < -0.39 is 23.7 Å². The molecule has 1 aliphatic heterocycles. The fraction of sp³-hybridized carbons (Fsp3) is 0.105. The van der Waals surface area contributed by atoms with Crippen LogP contribution in [0.5, 0.6) is 11.5 Å². The van der Waals surface area contributed by atoms with Crippen molar-refractivity contribution in [2.45, 2.75) is 6.61 Å². The Morgan fingerprint density at radius 3 is 2.43 bits per heavy atom. The molecule has 1 fully saturated rings. The number of ether oxygens (including phenoxy) is 2. The van der Waals surface area contributed by atoms with Gasteiger partial charge in [0.15, 0.2) is 11.5 Å². The Balaban J connectivity index is 1.88. The smallest absolute Gasteiger partial charge is 0.328 e. The van der Waals surface area contributed by atoms with Gasteiger partial charge >= 0.3 is 6.03 Å². The fourth-order valence-electron chi connectivity index (χ4n) is 2.49. The minimum atomic E-state index is -0.882.